The van der Waals surface area contributed by atoms with Crippen molar-refractivity contribution in [3.8, 4) is 11.6 Å². The first-order chi connectivity index (χ1) is 18.4. The van der Waals surface area contributed by atoms with Crippen molar-refractivity contribution in [2.75, 3.05) is 25.4 Å². The average molecular weight is 525 g/mol. The minimum Gasteiger partial charge on any atom is -0.410 e. The van der Waals surface area contributed by atoms with Crippen LogP contribution in [0.1, 0.15) is 61.8 Å². The lowest BCUT2D eigenvalue weighted by atomic mass is 10.0. The number of carbonyl (C=O) groups excluding carboxylic acids is 2. The van der Waals surface area contributed by atoms with E-state index in [2.05, 4.69) is 43.0 Å². The fourth-order valence-corrected chi connectivity index (χ4v) is 4.20. The van der Waals surface area contributed by atoms with Crippen molar-refractivity contribution in [1.29, 1.82) is 0 Å². The molecule has 0 radical (unpaired) electrons. The molecule has 0 saturated carbocycles. The molecular formula is C24H32N10O4. The maximum atomic E-state index is 13.0. The molecule has 1 fully saturated rings. The lowest BCUT2D eigenvalue weighted by Crippen LogP contribution is -2.38. The molecule has 38 heavy (non-hydrogen) atoms. The quantitative estimate of drug-likeness (QED) is 0.312. The normalized spacial score (nSPS) is 16.0. The predicted octanol–water partition coefficient (Wildman–Crippen LogP) is 2.21. The molecule has 1 aliphatic rings. The summed E-state index contributed by atoms with van der Waals surface area (Å²) >= 11 is 0. The molecular weight excluding hydrogens is 492 g/mol. The summed E-state index contributed by atoms with van der Waals surface area (Å²) in [6.45, 7) is 8.36. The second-order valence-corrected chi connectivity index (χ2v) is 8.89. The fraction of sp³-hybridized carbons (Fsp3) is 0.458. The van der Waals surface area contributed by atoms with Crippen LogP contribution in [0, 0.1) is 0 Å². The van der Waals surface area contributed by atoms with Gasteiger partial charge in [0.1, 0.15) is 5.75 Å². The summed E-state index contributed by atoms with van der Waals surface area (Å²) in [6.07, 6.45) is 4.36. The van der Waals surface area contributed by atoms with Crippen LogP contribution in [0.2, 0.25) is 0 Å². The van der Waals surface area contributed by atoms with E-state index >= 15 is 0 Å². The Balaban J connectivity index is 1.46. The molecule has 3 heterocycles. The summed E-state index contributed by atoms with van der Waals surface area (Å²) in [5, 5.41) is 19.6. The van der Waals surface area contributed by atoms with Gasteiger partial charge in [0.2, 0.25) is 11.6 Å². The monoisotopic (exact) mass is 524 g/mol. The highest BCUT2D eigenvalue weighted by molar-refractivity contribution is 5.94. The molecule has 1 saturated heterocycles. The van der Waals surface area contributed by atoms with Gasteiger partial charge in [-0.1, -0.05) is 11.6 Å². The van der Waals surface area contributed by atoms with Crippen LogP contribution in [0.3, 0.4) is 0 Å². The average Bonchev–Trinajstić information content (AvgIpc) is 3.52. The Hall–Kier alpha value is -4.33. The third-order valence-electron chi connectivity index (χ3n) is 6.45. The number of aromatic nitrogens is 5. The van der Waals surface area contributed by atoms with E-state index in [9.17, 15) is 9.59 Å². The van der Waals surface area contributed by atoms with Crippen LogP contribution in [-0.2, 0) is 6.54 Å². The molecule has 3 N–H and O–H groups in total. The van der Waals surface area contributed by atoms with E-state index in [0.717, 1.165) is 25.8 Å². The zero-order valence-electron chi connectivity index (χ0n) is 21.7. The third-order valence-corrected chi connectivity index (χ3v) is 6.45. The Morgan fingerprint density at radius 3 is 2.66 bits per heavy atom. The molecule has 2 aromatic heterocycles. The molecule has 1 unspecified atom stereocenters. The molecule has 1 aromatic carbocycles. The van der Waals surface area contributed by atoms with E-state index in [0.29, 0.717) is 42.7 Å². The number of nitrogen functional groups attached to an aromatic ring is 1. The number of hydrogen-bond acceptors (Lipinski definition) is 11. The molecule has 4 rings (SSSR count). The summed E-state index contributed by atoms with van der Waals surface area (Å²) in [7, 11) is 0. The highest BCUT2D eigenvalue weighted by atomic mass is 16.6. The number of nitrogens with two attached hydrogens (primary N) is 1. The van der Waals surface area contributed by atoms with Crippen molar-refractivity contribution in [3.05, 3.63) is 41.2 Å². The highest BCUT2D eigenvalue weighted by Gasteiger charge is 2.28. The SMILES string of the molecule is CCN(CC)C(=O)Oc1ccc(/C=N\NC(=O)c2nnn(-c3nonc3N)c2CN2CCCCC2C)cc1. The lowest BCUT2D eigenvalue weighted by molar-refractivity contribution is 0.0945. The largest absolute Gasteiger partial charge is 0.415 e. The third kappa shape index (κ3) is 6.14. The number of amides is 2. The molecule has 1 aliphatic heterocycles. The number of likely N-dealkylation sites (tertiary alicyclic amines) is 1. The van der Waals surface area contributed by atoms with Crippen molar-refractivity contribution < 1.29 is 19.0 Å². The van der Waals surface area contributed by atoms with Gasteiger partial charge in [0.15, 0.2) is 5.69 Å². The number of rotatable bonds is 9. The molecule has 14 heteroatoms. The molecule has 0 bridgehead atoms. The van der Waals surface area contributed by atoms with Gasteiger partial charge < -0.3 is 15.4 Å². The van der Waals surface area contributed by atoms with Crippen molar-refractivity contribution in [2.45, 2.75) is 52.6 Å². The Labute approximate surface area is 219 Å². The number of benzene rings is 1. The van der Waals surface area contributed by atoms with E-state index in [1.807, 2.05) is 13.8 Å². The first-order valence-electron chi connectivity index (χ1n) is 12.6. The smallest absolute Gasteiger partial charge is 0.410 e. The summed E-state index contributed by atoms with van der Waals surface area (Å²) < 4.78 is 11.5. The van der Waals surface area contributed by atoms with E-state index < -0.39 is 12.0 Å². The molecule has 0 aliphatic carbocycles. The maximum absolute atomic E-state index is 13.0. The minimum atomic E-state index is -0.535. The van der Waals surface area contributed by atoms with E-state index in [1.165, 1.54) is 10.9 Å². The van der Waals surface area contributed by atoms with Gasteiger partial charge in [-0.3, -0.25) is 9.69 Å². The fourth-order valence-electron chi connectivity index (χ4n) is 4.20. The van der Waals surface area contributed by atoms with Crippen LogP contribution in [0.25, 0.3) is 5.82 Å². The topological polar surface area (TPSA) is 170 Å². The molecule has 3 aromatic rings. The molecule has 1 atom stereocenters. The Morgan fingerprint density at radius 1 is 1.24 bits per heavy atom. The maximum Gasteiger partial charge on any atom is 0.415 e. The van der Waals surface area contributed by atoms with Crippen LogP contribution >= 0.6 is 0 Å². The standard InChI is InChI=1S/C24H32N10O4/c1-4-32(5-2)24(36)37-18-11-9-17(10-12-18)14-26-28-23(35)20-19(15-33-13-7-6-8-16(33)3)34(31-27-20)22-21(25)29-38-30-22/h9-12,14,16H,4-8,13,15H2,1-3H3,(H2,25,29)(H,28,35)/b26-14-. The Morgan fingerprint density at radius 2 is 2.00 bits per heavy atom. The summed E-state index contributed by atoms with van der Waals surface area (Å²) in [6, 6.07) is 7.10. The zero-order chi connectivity index (χ0) is 27.1. The minimum absolute atomic E-state index is 0.0408. The first kappa shape index (κ1) is 26.7. The molecule has 202 valence electrons. The number of piperidine rings is 1. The number of anilines is 1. The number of ether oxygens (including phenoxy) is 1. The van der Waals surface area contributed by atoms with Crippen LogP contribution in [0.4, 0.5) is 10.6 Å². The number of nitrogens with one attached hydrogen (secondary N) is 1. The number of hydrazone groups is 1. The van der Waals surface area contributed by atoms with Crippen LogP contribution in [-0.4, -0.2) is 79.0 Å². The summed E-state index contributed by atoms with van der Waals surface area (Å²) in [4.78, 5) is 29.0. The number of hydrogen-bond donors (Lipinski definition) is 2. The van der Waals surface area contributed by atoms with Crippen molar-refractivity contribution in [2.24, 2.45) is 5.10 Å². The second kappa shape index (κ2) is 12.3. The van der Waals surface area contributed by atoms with Crippen molar-refractivity contribution in [3.63, 3.8) is 0 Å². The first-order valence-corrected chi connectivity index (χ1v) is 12.6. The number of nitrogens with zero attached hydrogens (tertiary/aromatic N) is 8. The number of carbonyl (C=O) groups is 2. The summed E-state index contributed by atoms with van der Waals surface area (Å²) in [5.41, 5.74) is 9.67. The van der Waals surface area contributed by atoms with Crippen molar-refractivity contribution >= 4 is 24.0 Å². The van der Waals surface area contributed by atoms with Crippen molar-refractivity contribution in [1.82, 2.24) is 40.5 Å². The predicted molar refractivity (Wildman–Crippen MR) is 138 cm³/mol. The molecule has 0 spiro atoms. The van der Waals surface area contributed by atoms with Crippen LogP contribution in [0.5, 0.6) is 5.75 Å². The van der Waals surface area contributed by atoms with Gasteiger partial charge in [-0.25, -0.2) is 14.8 Å². The molecule has 2 amide bonds. The highest BCUT2D eigenvalue weighted by Crippen LogP contribution is 2.23. The van der Waals surface area contributed by atoms with E-state index in [1.54, 1.807) is 29.2 Å². The van der Waals surface area contributed by atoms with Gasteiger partial charge >= 0.3 is 6.09 Å². The molecule has 14 nitrogen and oxygen atoms in total. The van der Waals surface area contributed by atoms with Gasteiger partial charge in [0, 0.05) is 25.7 Å². The van der Waals surface area contributed by atoms with Gasteiger partial charge in [-0.2, -0.15) is 9.78 Å². The van der Waals surface area contributed by atoms with Crippen LogP contribution in [0.15, 0.2) is 34.0 Å². The Bertz CT molecular complexity index is 1270. The van der Waals surface area contributed by atoms with Crippen LogP contribution < -0.4 is 15.9 Å². The van der Waals surface area contributed by atoms with Gasteiger partial charge in [0.25, 0.3) is 5.91 Å². The summed E-state index contributed by atoms with van der Waals surface area (Å²) in [5.74, 6) is 0.0883. The van der Waals surface area contributed by atoms with E-state index in [-0.39, 0.29) is 17.3 Å². The second-order valence-electron chi connectivity index (χ2n) is 8.89. The van der Waals surface area contributed by atoms with Gasteiger partial charge in [-0.05, 0) is 80.3 Å². The van der Waals surface area contributed by atoms with E-state index in [4.69, 9.17) is 15.1 Å². The lowest BCUT2D eigenvalue weighted by Gasteiger charge is -2.33. The van der Waals surface area contributed by atoms with Gasteiger partial charge in [-0.15, -0.1) is 5.10 Å². The Kier molecular flexibility index (Phi) is 8.63. The van der Waals surface area contributed by atoms with Gasteiger partial charge in [0.05, 0.1) is 11.9 Å². The zero-order valence-corrected chi connectivity index (χ0v) is 21.7.